The maximum absolute atomic E-state index is 12.4. The minimum Gasteiger partial charge on any atom is -0.394 e. The summed E-state index contributed by atoms with van der Waals surface area (Å²) >= 11 is 0. The van der Waals surface area contributed by atoms with Crippen molar-refractivity contribution in [3.05, 3.63) is 0 Å². The fourth-order valence-electron chi connectivity index (χ4n) is 7.71. The number of hydrogen-bond acceptors (Lipinski definition) is 24. The Morgan fingerprint density at radius 3 is 1.52 bits per heavy atom. The molecule has 19 unspecified atom stereocenters. The Hall–Kier alpha value is -1.94. The molecule has 0 spiro atoms. The van der Waals surface area contributed by atoms with Crippen molar-refractivity contribution in [2.24, 2.45) is 0 Å². The molecular formula is C34H58N2O24. The van der Waals surface area contributed by atoms with Gasteiger partial charge in [0.15, 0.2) is 31.5 Å². The van der Waals surface area contributed by atoms with E-state index in [2.05, 4.69) is 10.6 Å². The van der Waals surface area contributed by atoms with E-state index >= 15 is 0 Å². The zero-order valence-corrected chi connectivity index (χ0v) is 32.5. The maximum atomic E-state index is 12.4. The van der Waals surface area contributed by atoms with Gasteiger partial charge >= 0.3 is 0 Å². The highest BCUT2D eigenvalue weighted by atomic mass is 16.8. The van der Waals surface area contributed by atoms with Crippen LogP contribution in [-0.2, 0) is 52.2 Å². The van der Waals surface area contributed by atoms with Crippen LogP contribution in [0.5, 0.6) is 0 Å². The number of hydrogen-bond donors (Lipinski definition) is 15. The summed E-state index contributed by atoms with van der Waals surface area (Å²) in [6.45, 7) is -1.63. The zero-order valence-electron chi connectivity index (χ0n) is 32.5. The molecule has 5 rings (SSSR count). The summed E-state index contributed by atoms with van der Waals surface area (Å²) < 4.78 is 51.7. The van der Waals surface area contributed by atoms with Gasteiger partial charge in [-0.05, 0) is 0 Å². The standard InChI is InChI=1S/C34H58N2O24/c1-10(41)35-21-26(48)29(16(7-39)55-32(21)51)59-33-22(36-11(2)42)27(49)30(17(8-40)56-33)60-34-28(50)31(58-20-4-13(44)24(46)15(6-38)54-20)25(47)18(57-34)9-52-19-3-12(43)23(45)14(5-37)53-19/h12-34,37-40,43-51H,3-9H2,1-2H3,(H,35,41)(H,36,42)/t12-,13?,14?,15?,16?,17?,18?,19?,20?,21?,22?,23?,24?,25?,26-,27-,28?,29?,30?,31+,32?,33?,34?/m1/s1. The Labute approximate surface area is 342 Å². The molecule has 15 N–H and O–H groups in total. The summed E-state index contributed by atoms with van der Waals surface area (Å²) in [6.07, 6.45) is -34.4. The molecule has 0 aliphatic carbocycles. The van der Waals surface area contributed by atoms with E-state index in [1.165, 1.54) is 0 Å². The summed E-state index contributed by atoms with van der Waals surface area (Å²) in [5, 5.41) is 142. The van der Waals surface area contributed by atoms with Crippen molar-refractivity contribution in [1.29, 1.82) is 0 Å². The first-order valence-electron chi connectivity index (χ1n) is 19.4. The largest absolute Gasteiger partial charge is 0.394 e. The number of carbonyl (C=O) groups excluding carboxylic acids is 2. The number of aliphatic hydroxyl groups is 13. The molecule has 5 saturated heterocycles. The minimum atomic E-state index is -2.00. The first-order chi connectivity index (χ1) is 28.4. The third-order valence-corrected chi connectivity index (χ3v) is 10.9. The average Bonchev–Trinajstić information content (AvgIpc) is 3.20. The van der Waals surface area contributed by atoms with E-state index in [4.69, 9.17) is 42.6 Å². The van der Waals surface area contributed by atoms with E-state index < -0.39 is 192 Å². The van der Waals surface area contributed by atoms with Crippen LogP contribution < -0.4 is 10.6 Å². The fraction of sp³-hybridized carbons (Fsp3) is 0.941. The van der Waals surface area contributed by atoms with Gasteiger partial charge in [0.25, 0.3) is 0 Å². The molecule has 5 heterocycles. The van der Waals surface area contributed by atoms with Crippen LogP contribution in [-0.4, -0.2) is 252 Å². The molecule has 5 fully saturated rings. The van der Waals surface area contributed by atoms with Crippen LogP contribution in [0.1, 0.15) is 26.7 Å². The predicted octanol–water partition coefficient (Wildman–Crippen LogP) is -9.58. The fourth-order valence-corrected chi connectivity index (χ4v) is 7.71. The van der Waals surface area contributed by atoms with Gasteiger partial charge in [-0.1, -0.05) is 0 Å². The molecule has 23 atom stereocenters. The molecular weight excluding hydrogens is 820 g/mol. The van der Waals surface area contributed by atoms with Gasteiger partial charge in [-0.2, -0.15) is 0 Å². The monoisotopic (exact) mass is 878 g/mol. The van der Waals surface area contributed by atoms with Crippen molar-refractivity contribution in [2.75, 3.05) is 33.0 Å². The van der Waals surface area contributed by atoms with Crippen molar-refractivity contribution in [2.45, 2.75) is 168 Å². The third kappa shape index (κ3) is 11.2. The van der Waals surface area contributed by atoms with Crippen LogP contribution in [0.2, 0.25) is 0 Å². The first kappa shape index (κ1) is 49.1. The van der Waals surface area contributed by atoms with Gasteiger partial charge in [-0.25, -0.2) is 0 Å². The molecule has 5 aliphatic heterocycles. The van der Waals surface area contributed by atoms with Crippen molar-refractivity contribution in [3.8, 4) is 0 Å². The number of carbonyl (C=O) groups is 2. The molecule has 26 nitrogen and oxygen atoms in total. The third-order valence-electron chi connectivity index (χ3n) is 10.9. The van der Waals surface area contributed by atoms with Crippen LogP contribution in [0, 0.1) is 0 Å². The highest BCUT2D eigenvalue weighted by Gasteiger charge is 2.55. The highest BCUT2D eigenvalue weighted by molar-refractivity contribution is 5.73. The van der Waals surface area contributed by atoms with Gasteiger partial charge in [-0.15, -0.1) is 0 Å². The van der Waals surface area contributed by atoms with Crippen LogP contribution >= 0.6 is 0 Å². The van der Waals surface area contributed by atoms with E-state index in [-0.39, 0.29) is 6.42 Å². The van der Waals surface area contributed by atoms with Gasteiger partial charge in [0.2, 0.25) is 11.8 Å². The number of ether oxygens (including phenoxy) is 9. The van der Waals surface area contributed by atoms with Crippen molar-refractivity contribution >= 4 is 11.8 Å². The van der Waals surface area contributed by atoms with E-state index in [1.54, 1.807) is 0 Å². The van der Waals surface area contributed by atoms with Crippen LogP contribution in [0.15, 0.2) is 0 Å². The lowest BCUT2D eigenvalue weighted by molar-refractivity contribution is -0.376. The van der Waals surface area contributed by atoms with E-state index in [0.29, 0.717) is 0 Å². The molecule has 60 heavy (non-hydrogen) atoms. The van der Waals surface area contributed by atoms with Gasteiger partial charge in [0, 0.05) is 26.7 Å². The molecule has 0 bridgehead atoms. The first-order valence-corrected chi connectivity index (χ1v) is 19.4. The second kappa shape index (κ2) is 21.6. The zero-order chi connectivity index (χ0) is 44.2. The molecule has 5 aliphatic rings. The average molecular weight is 879 g/mol. The number of nitrogens with one attached hydrogen (secondary N) is 2. The van der Waals surface area contributed by atoms with Crippen molar-refractivity contribution in [3.63, 3.8) is 0 Å². The van der Waals surface area contributed by atoms with E-state index in [1.807, 2.05) is 0 Å². The molecule has 2 amide bonds. The minimum absolute atomic E-state index is 0.281. The number of rotatable bonds is 15. The smallest absolute Gasteiger partial charge is 0.217 e. The van der Waals surface area contributed by atoms with Crippen LogP contribution in [0.25, 0.3) is 0 Å². The molecule has 0 saturated carbocycles. The Morgan fingerprint density at radius 1 is 0.500 bits per heavy atom. The van der Waals surface area contributed by atoms with Gasteiger partial charge in [-0.3, -0.25) is 9.59 Å². The van der Waals surface area contributed by atoms with E-state index in [9.17, 15) is 76.0 Å². The second-order valence-electron chi connectivity index (χ2n) is 15.2. The van der Waals surface area contributed by atoms with Crippen molar-refractivity contribution < 1.29 is 119 Å². The predicted molar refractivity (Wildman–Crippen MR) is 187 cm³/mol. The highest BCUT2D eigenvalue weighted by Crippen LogP contribution is 2.35. The summed E-state index contributed by atoms with van der Waals surface area (Å²) in [5.74, 6) is -1.42. The summed E-state index contributed by atoms with van der Waals surface area (Å²) in [7, 11) is 0. The molecule has 0 aromatic rings. The lowest BCUT2D eigenvalue weighted by Crippen LogP contribution is -2.70. The van der Waals surface area contributed by atoms with Gasteiger partial charge in [0.05, 0.1) is 45.2 Å². The van der Waals surface area contributed by atoms with Gasteiger partial charge < -0.3 is 120 Å². The Bertz CT molecular complexity index is 1370. The molecule has 0 aromatic heterocycles. The topological polar surface area (TPSA) is 404 Å². The lowest BCUT2D eigenvalue weighted by Gasteiger charge is -2.50. The molecule has 348 valence electrons. The number of amides is 2. The van der Waals surface area contributed by atoms with Crippen LogP contribution in [0.4, 0.5) is 0 Å². The molecule has 0 aromatic carbocycles. The SMILES string of the molecule is CC(=O)NC1C(O)OC(CO)C(OC2OC(CO)C(OC3OC(COC4C[C@@H](O)C(O)C(CO)O4)C(O)[C@H](OC4CC(O)C(O)C(CO)O4)C3O)[C@H](O)C2NC(C)=O)[C@@H]1O. The second-order valence-corrected chi connectivity index (χ2v) is 15.2. The van der Waals surface area contributed by atoms with Crippen molar-refractivity contribution in [1.82, 2.24) is 10.6 Å². The molecule has 26 heteroatoms. The summed E-state index contributed by atoms with van der Waals surface area (Å²) in [6, 6.07) is -3.09. The Balaban J connectivity index is 1.38. The lowest BCUT2D eigenvalue weighted by atomic mass is 9.94. The van der Waals surface area contributed by atoms with E-state index in [0.717, 1.165) is 13.8 Å². The molecule has 0 radical (unpaired) electrons. The summed E-state index contributed by atoms with van der Waals surface area (Å²) in [4.78, 5) is 24.2. The summed E-state index contributed by atoms with van der Waals surface area (Å²) in [5.41, 5.74) is 0. The Kier molecular flexibility index (Phi) is 17.7. The Morgan fingerprint density at radius 2 is 0.967 bits per heavy atom. The quantitative estimate of drug-likeness (QED) is 0.0726. The maximum Gasteiger partial charge on any atom is 0.217 e. The van der Waals surface area contributed by atoms with Gasteiger partial charge in [0.1, 0.15) is 97.5 Å². The van der Waals surface area contributed by atoms with Crippen LogP contribution in [0.3, 0.4) is 0 Å². The normalized spacial score (nSPS) is 47.7. The number of aliphatic hydroxyl groups excluding tert-OH is 13.